The van der Waals surface area contributed by atoms with E-state index in [4.69, 9.17) is 0 Å². The third-order valence-corrected chi connectivity index (χ3v) is 3.29. The van der Waals surface area contributed by atoms with E-state index in [0.717, 1.165) is 11.5 Å². The molecule has 1 aromatic carbocycles. The SMILES string of the molecule is CC(CC1CC1)N[C@@H](C)c1ccc(F)cc1. The first-order valence-electron chi connectivity index (χ1n) is 6.16. The van der Waals surface area contributed by atoms with Gasteiger partial charge in [0.25, 0.3) is 0 Å². The van der Waals surface area contributed by atoms with E-state index in [1.165, 1.54) is 31.4 Å². The molecule has 2 atom stereocenters. The molecule has 0 bridgehead atoms. The Morgan fingerprint density at radius 1 is 1.25 bits per heavy atom. The van der Waals surface area contributed by atoms with Crippen molar-refractivity contribution in [3.8, 4) is 0 Å². The van der Waals surface area contributed by atoms with Crippen molar-refractivity contribution in [3.63, 3.8) is 0 Å². The summed E-state index contributed by atoms with van der Waals surface area (Å²) in [6.45, 7) is 4.37. The van der Waals surface area contributed by atoms with Crippen LogP contribution in [0.2, 0.25) is 0 Å². The fourth-order valence-electron chi connectivity index (χ4n) is 2.20. The third kappa shape index (κ3) is 3.31. The molecule has 0 aliphatic heterocycles. The molecule has 1 aromatic rings. The molecule has 2 rings (SSSR count). The maximum absolute atomic E-state index is 12.8. The van der Waals surface area contributed by atoms with Crippen LogP contribution in [-0.2, 0) is 0 Å². The predicted molar refractivity (Wildman–Crippen MR) is 64.8 cm³/mol. The average Bonchev–Trinajstić information content (AvgIpc) is 3.02. The molecule has 1 nitrogen and oxygen atoms in total. The van der Waals surface area contributed by atoms with Gasteiger partial charge in [0.05, 0.1) is 0 Å². The molecule has 1 aliphatic carbocycles. The topological polar surface area (TPSA) is 12.0 Å². The molecule has 1 unspecified atom stereocenters. The summed E-state index contributed by atoms with van der Waals surface area (Å²) < 4.78 is 12.8. The normalized spacial score (nSPS) is 19.4. The van der Waals surface area contributed by atoms with Gasteiger partial charge < -0.3 is 5.32 Å². The maximum atomic E-state index is 12.8. The Bertz CT molecular complexity index is 329. The molecule has 16 heavy (non-hydrogen) atoms. The lowest BCUT2D eigenvalue weighted by Crippen LogP contribution is -2.29. The van der Waals surface area contributed by atoms with E-state index < -0.39 is 0 Å². The number of hydrogen-bond donors (Lipinski definition) is 1. The average molecular weight is 221 g/mol. The highest BCUT2D eigenvalue weighted by atomic mass is 19.1. The standard InChI is InChI=1S/C14H20FN/c1-10(9-12-3-4-12)16-11(2)13-5-7-14(15)8-6-13/h5-8,10-12,16H,3-4,9H2,1-2H3/t10?,11-/m0/s1. The van der Waals surface area contributed by atoms with Gasteiger partial charge in [-0.05, 0) is 43.9 Å². The van der Waals surface area contributed by atoms with Crippen molar-refractivity contribution in [3.05, 3.63) is 35.6 Å². The van der Waals surface area contributed by atoms with Crippen molar-refractivity contribution in [1.82, 2.24) is 5.32 Å². The van der Waals surface area contributed by atoms with Crippen LogP contribution in [0.3, 0.4) is 0 Å². The highest BCUT2D eigenvalue weighted by molar-refractivity contribution is 5.19. The Hall–Kier alpha value is -0.890. The van der Waals surface area contributed by atoms with Crippen LogP contribution in [0.1, 0.15) is 44.7 Å². The van der Waals surface area contributed by atoms with E-state index >= 15 is 0 Å². The van der Waals surface area contributed by atoms with Crippen LogP contribution in [0, 0.1) is 11.7 Å². The van der Waals surface area contributed by atoms with Crippen LogP contribution >= 0.6 is 0 Å². The van der Waals surface area contributed by atoms with E-state index in [1.54, 1.807) is 0 Å². The Morgan fingerprint density at radius 2 is 1.88 bits per heavy atom. The smallest absolute Gasteiger partial charge is 0.123 e. The van der Waals surface area contributed by atoms with Gasteiger partial charge in [-0.15, -0.1) is 0 Å². The highest BCUT2D eigenvalue weighted by Gasteiger charge is 2.24. The molecule has 0 radical (unpaired) electrons. The highest BCUT2D eigenvalue weighted by Crippen LogP contribution is 2.33. The molecule has 0 heterocycles. The molecule has 0 saturated heterocycles. The second-order valence-corrected chi connectivity index (χ2v) is 5.02. The second-order valence-electron chi connectivity index (χ2n) is 5.02. The van der Waals surface area contributed by atoms with E-state index in [1.807, 2.05) is 12.1 Å². The number of rotatable bonds is 5. The molecular formula is C14H20FN. The largest absolute Gasteiger partial charge is 0.308 e. The first-order valence-corrected chi connectivity index (χ1v) is 6.16. The quantitative estimate of drug-likeness (QED) is 0.800. The first-order chi connectivity index (χ1) is 7.65. The van der Waals surface area contributed by atoms with Crippen molar-refractivity contribution in [2.24, 2.45) is 5.92 Å². The van der Waals surface area contributed by atoms with Gasteiger partial charge in [0.1, 0.15) is 5.82 Å². The van der Waals surface area contributed by atoms with Crippen LogP contribution in [-0.4, -0.2) is 6.04 Å². The van der Waals surface area contributed by atoms with E-state index in [0.29, 0.717) is 12.1 Å². The Morgan fingerprint density at radius 3 is 2.44 bits per heavy atom. The van der Waals surface area contributed by atoms with Gasteiger partial charge in [-0.25, -0.2) is 4.39 Å². The first kappa shape index (κ1) is 11.6. The molecular weight excluding hydrogens is 201 g/mol. The molecule has 0 spiro atoms. The van der Waals surface area contributed by atoms with Crippen molar-refractivity contribution in [2.75, 3.05) is 0 Å². The molecule has 1 N–H and O–H groups in total. The molecule has 1 fully saturated rings. The number of hydrogen-bond acceptors (Lipinski definition) is 1. The molecule has 88 valence electrons. The van der Waals surface area contributed by atoms with Crippen LogP contribution < -0.4 is 5.32 Å². The third-order valence-electron chi connectivity index (χ3n) is 3.29. The van der Waals surface area contributed by atoms with Gasteiger partial charge in [0.2, 0.25) is 0 Å². The van der Waals surface area contributed by atoms with Crippen LogP contribution in [0.5, 0.6) is 0 Å². The van der Waals surface area contributed by atoms with Crippen molar-refractivity contribution in [2.45, 2.75) is 45.2 Å². The van der Waals surface area contributed by atoms with Gasteiger partial charge in [0, 0.05) is 12.1 Å². The summed E-state index contributed by atoms with van der Waals surface area (Å²) >= 11 is 0. The molecule has 0 aromatic heterocycles. The minimum absolute atomic E-state index is 0.165. The van der Waals surface area contributed by atoms with E-state index in [9.17, 15) is 4.39 Å². The fraction of sp³-hybridized carbons (Fsp3) is 0.571. The summed E-state index contributed by atoms with van der Waals surface area (Å²) in [5, 5.41) is 3.56. The summed E-state index contributed by atoms with van der Waals surface area (Å²) in [6, 6.07) is 7.62. The van der Waals surface area contributed by atoms with Gasteiger partial charge in [-0.2, -0.15) is 0 Å². The summed E-state index contributed by atoms with van der Waals surface area (Å²) in [5.41, 5.74) is 1.16. The van der Waals surface area contributed by atoms with Crippen molar-refractivity contribution < 1.29 is 4.39 Å². The maximum Gasteiger partial charge on any atom is 0.123 e. The van der Waals surface area contributed by atoms with Crippen LogP contribution in [0.25, 0.3) is 0 Å². The van der Waals surface area contributed by atoms with Crippen LogP contribution in [0.4, 0.5) is 4.39 Å². The number of halogens is 1. The molecule has 1 saturated carbocycles. The lowest BCUT2D eigenvalue weighted by Gasteiger charge is -2.20. The number of nitrogens with one attached hydrogen (secondary N) is 1. The van der Waals surface area contributed by atoms with Crippen molar-refractivity contribution in [1.29, 1.82) is 0 Å². The van der Waals surface area contributed by atoms with Crippen molar-refractivity contribution >= 4 is 0 Å². The predicted octanol–water partition coefficient (Wildman–Crippen LogP) is 3.66. The van der Waals surface area contributed by atoms with Crippen LogP contribution in [0.15, 0.2) is 24.3 Å². The van der Waals surface area contributed by atoms with Gasteiger partial charge >= 0.3 is 0 Å². The fourth-order valence-corrected chi connectivity index (χ4v) is 2.20. The summed E-state index contributed by atoms with van der Waals surface area (Å²) in [7, 11) is 0. The Balaban J connectivity index is 1.85. The lowest BCUT2D eigenvalue weighted by atomic mass is 10.1. The van der Waals surface area contributed by atoms with Gasteiger partial charge in [-0.3, -0.25) is 0 Å². The summed E-state index contributed by atoms with van der Waals surface area (Å²) in [4.78, 5) is 0. The molecule has 1 aliphatic rings. The minimum Gasteiger partial charge on any atom is -0.308 e. The molecule has 2 heteroatoms. The minimum atomic E-state index is -0.165. The van der Waals surface area contributed by atoms with Gasteiger partial charge in [0.15, 0.2) is 0 Å². The summed E-state index contributed by atoms with van der Waals surface area (Å²) in [6.07, 6.45) is 4.07. The molecule has 0 amide bonds. The van der Waals surface area contributed by atoms with Gasteiger partial charge in [-0.1, -0.05) is 25.0 Å². The number of benzene rings is 1. The lowest BCUT2D eigenvalue weighted by molar-refractivity contribution is 0.438. The Kier molecular flexibility index (Phi) is 3.59. The zero-order chi connectivity index (χ0) is 11.5. The summed E-state index contributed by atoms with van der Waals surface area (Å²) in [5.74, 6) is 0.782. The monoisotopic (exact) mass is 221 g/mol. The second kappa shape index (κ2) is 4.96. The Labute approximate surface area is 97.1 Å². The zero-order valence-electron chi connectivity index (χ0n) is 10.0. The zero-order valence-corrected chi connectivity index (χ0v) is 10.0. The van der Waals surface area contributed by atoms with E-state index in [2.05, 4.69) is 19.2 Å². The van der Waals surface area contributed by atoms with E-state index in [-0.39, 0.29) is 5.82 Å².